The van der Waals surface area contributed by atoms with E-state index in [9.17, 15) is 4.79 Å². The summed E-state index contributed by atoms with van der Waals surface area (Å²) in [4.78, 5) is 20.7. The van der Waals surface area contributed by atoms with Crippen molar-refractivity contribution in [2.24, 2.45) is 0 Å². The minimum Gasteiger partial charge on any atom is -0.323 e. The van der Waals surface area contributed by atoms with Crippen molar-refractivity contribution in [1.29, 1.82) is 0 Å². The molecule has 1 heterocycles. The summed E-state index contributed by atoms with van der Waals surface area (Å²) < 4.78 is 0. The highest BCUT2D eigenvalue weighted by atomic mass is 35.5. The number of anilines is 3. The van der Waals surface area contributed by atoms with Gasteiger partial charge in [-0.3, -0.25) is 4.79 Å². The molecular weight excluding hydrogens is 371 g/mol. The van der Waals surface area contributed by atoms with Crippen molar-refractivity contribution in [3.05, 3.63) is 76.0 Å². The first-order valence-corrected chi connectivity index (χ1v) is 8.76. The van der Waals surface area contributed by atoms with E-state index in [2.05, 4.69) is 20.6 Å². The Hall–Kier alpha value is -2.63. The number of amides is 1. The van der Waals surface area contributed by atoms with E-state index in [1.54, 1.807) is 18.2 Å². The molecule has 0 atom stereocenters. The summed E-state index contributed by atoms with van der Waals surface area (Å²) in [5.41, 5.74) is 2.85. The number of nitrogens with zero attached hydrogens (tertiary/aromatic N) is 2. The van der Waals surface area contributed by atoms with Crippen LogP contribution in [-0.4, -0.2) is 15.9 Å². The Morgan fingerprint density at radius 2 is 1.77 bits per heavy atom. The van der Waals surface area contributed by atoms with Gasteiger partial charge in [-0.05, 0) is 36.2 Å². The van der Waals surface area contributed by atoms with Crippen molar-refractivity contribution >= 4 is 46.4 Å². The van der Waals surface area contributed by atoms with Gasteiger partial charge in [0.15, 0.2) is 0 Å². The van der Waals surface area contributed by atoms with Crippen molar-refractivity contribution in [2.45, 2.75) is 13.3 Å². The average Bonchev–Trinajstić information content (AvgIpc) is 2.65. The monoisotopic (exact) mass is 386 g/mol. The minimum absolute atomic E-state index is 0.262. The Morgan fingerprint density at radius 1 is 1.04 bits per heavy atom. The van der Waals surface area contributed by atoms with Crippen LogP contribution >= 0.6 is 23.2 Å². The summed E-state index contributed by atoms with van der Waals surface area (Å²) in [5, 5.41) is 6.88. The third-order valence-corrected chi connectivity index (χ3v) is 4.29. The molecule has 1 aromatic heterocycles. The second kappa shape index (κ2) is 8.17. The molecule has 0 bridgehead atoms. The second-order valence-corrected chi connectivity index (χ2v) is 6.35. The second-order valence-electron chi connectivity index (χ2n) is 5.51. The van der Waals surface area contributed by atoms with Crippen LogP contribution in [0, 0.1) is 0 Å². The number of hydrogen-bond acceptors (Lipinski definition) is 4. The molecule has 0 aliphatic carbocycles. The van der Waals surface area contributed by atoms with Crippen LogP contribution in [0.4, 0.5) is 17.3 Å². The summed E-state index contributed by atoms with van der Waals surface area (Å²) in [5.74, 6) is 0.0710. The zero-order chi connectivity index (χ0) is 18.5. The fourth-order valence-electron chi connectivity index (χ4n) is 2.37. The topological polar surface area (TPSA) is 66.9 Å². The van der Waals surface area contributed by atoms with Crippen LogP contribution in [-0.2, 0) is 6.42 Å². The van der Waals surface area contributed by atoms with Crippen LogP contribution in [0.3, 0.4) is 0 Å². The zero-order valence-corrected chi connectivity index (χ0v) is 15.5. The van der Waals surface area contributed by atoms with Gasteiger partial charge < -0.3 is 10.6 Å². The highest BCUT2D eigenvalue weighted by molar-refractivity contribution is 6.36. The molecule has 0 radical (unpaired) electrons. The van der Waals surface area contributed by atoms with Crippen LogP contribution in [0.5, 0.6) is 0 Å². The van der Waals surface area contributed by atoms with Gasteiger partial charge in [0.25, 0.3) is 5.91 Å². The first-order valence-electron chi connectivity index (χ1n) is 8.00. The third kappa shape index (κ3) is 4.31. The van der Waals surface area contributed by atoms with Gasteiger partial charge in [0.2, 0.25) is 5.95 Å². The SMILES string of the molecule is CCc1ccccc1NC(=O)c1cnc(Nc2ccc(Cl)cc2Cl)nc1. The Labute approximate surface area is 161 Å². The summed E-state index contributed by atoms with van der Waals surface area (Å²) in [6.07, 6.45) is 3.75. The molecule has 0 saturated carbocycles. The Kier molecular flexibility index (Phi) is 5.71. The maximum atomic E-state index is 12.4. The van der Waals surface area contributed by atoms with Crippen LogP contribution in [0.15, 0.2) is 54.9 Å². The predicted octanol–water partition coefficient (Wildman–Crippen LogP) is 5.34. The van der Waals surface area contributed by atoms with Crippen molar-refractivity contribution < 1.29 is 4.79 Å². The number of para-hydroxylation sites is 1. The lowest BCUT2D eigenvalue weighted by molar-refractivity contribution is 0.102. The maximum Gasteiger partial charge on any atom is 0.258 e. The molecule has 0 fully saturated rings. The van der Waals surface area contributed by atoms with Gasteiger partial charge in [-0.2, -0.15) is 0 Å². The molecule has 0 aliphatic rings. The van der Waals surface area contributed by atoms with Gasteiger partial charge in [0.05, 0.1) is 16.3 Å². The van der Waals surface area contributed by atoms with Gasteiger partial charge in [-0.15, -0.1) is 0 Å². The number of carbonyl (C=O) groups is 1. The fraction of sp³-hybridized carbons (Fsp3) is 0.105. The lowest BCUT2D eigenvalue weighted by Gasteiger charge is -2.10. The number of halogens is 2. The van der Waals surface area contributed by atoms with Crippen molar-refractivity contribution in [2.75, 3.05) is 10.6 Å². The molecule has 132 valence electrons. The largest absolute Gasteiger partial charge is 0.323 e. The molecule has 2 aromatic carbocycles. The molecule has 0 spiro atoms. The standard InChI is InChI=1S/C19H16Cl2N4O/c1-2-12-5-3-4-6-16(12)24-18(26)13-10-22-19(23-11-13)25-17-8-7-14(20)9-15(17)21/h3-11H,2H2,1H3,(H,24,26)(H,22,23,25). The zero-order valence-electron chi connectivity index (χ0n) is 14.0. The molecule has 3 rings (SSSR count). The van der Waals surface area contributed by atoms with E-state index in [1.807, 2.05) is 31.2 Å². The molecule has 0 aliphatic heterocycles. The molecule has 1 amide bonds. The minimum atomic E-state index is -0.262. The quantitative estimate of drug-likeness (QED) is 0.620. The molecule has 5 nitrogen and oxygen atoms in total. The van der Waals surface area contributed by atoms with Gasteiger partial charge >= 0.3 is 0 Å². The Bertz CT molecular complexity index is 929. The predicted molar refractivity (Wildman–Crippen MR) is 106 cm³/mol. The normalized spacial score (nSPS) is 10.4. The molecule has 7 heteroatoms. The summed E-state index contributed by atoms with van der Waals surface area (Å²) in [6, 6.07) is 12.7. The number of aromatic nitrogens is 2. The lowest BCUT2D eigenvalue weighted by Crippen LogP contribution is -2.14. The van der Waals surface area contributed by atoms with Gasteiger partial charge in [-0.1, -0.05) is 48.3 Å². The fourth-order valence-corrected chi connectivity index (χ4v) is 2.82. The van der Waals surface area contributed by atoms with E-state index in [0.717, 1.165) is 17.7 Å². The van der Waals surface area contributed by atoms with Crippen LogP contribution in [0.25, 0.3) is 0 Å². The van der Waals surface area contributed by atoms with Crippen LogP contribution in [0.1, 0.15) is 22.8 Å². The molecular formula is C19H16Cl2N4O. The van der Waals surface area contributed by atoms with E-state index >= 15 is 0 Å². The van der Waals surface area contributed by atoms with Gasteiger partial charge in [0.1, 0.15) is 0 Å². The Morgan fingerprint density at radius 3 is 2.46 bits per heavy atom. The molecule has 26 heavy (non-hydrogen) atoms. The average molecular weight is 387 g/mol. The number of nitrogens with one attached hydrogen (secondary N) is 2. The van der Waals surface area contributed by atoms with Crippen LogP contribution in [0.2, 0.25) is 10.0 Å². The van der Waals surface area contributed by atoms with E-state index in [0.29, 0.717) is 27.2 Å². The molecule has 0 unspecified atom stereocenters. The van der Waals surface area contributed by atoms with Gasteiger partial charge in [0, 0.05) is 23.1 Å². The number of benzene rings is 2. The van der Waals surface area contributed by atoms with E-state index in [1.165, 1.54) is 12.4 Å². The summed E-state index contributed by atoms with van der Waals surface area (Å²) >= 11 is 12.0. The van der Waals surface area contributed by atoms with E-state index in [-0.39, 0.29) is 5.91 Å². The van der Waals surface area contributed by atoms with Crippen molar-refractivity contribution in [3.63, 3.8) is 0 Å². The molecule has 3 aromatic rings. The van der Waals surface area contributed by atoms with E-state index < -0.39 is 0 Å². The lowest BCUT2D eigenvalue weighted by atomic mass is 10.1. The van der Waals surface area contributed by atoms with Crippen molar-refractivity contribution in [3.8, 4) is 0 Å². The molecule has 2 N–H and O–H groups in total. The Balaban J connectivity index is 1.71. The highest BCUT2D eigenvalue weighted by Crippen LogP contribution is 2.27. The number of rotatable bonds is 5. The first kappa shape index (κ1) is 18.2. The highest BCUT2D eigenvalue weighted by Gasteiger charge is 2.10. The third-order valence-electron chi connectivity index (χ3n) is 3.74. The van der Waals surface area contributed by atoms with Crippen molar-refractivity contribution in [1.82, 2.24) is 9.97 Å². The first-order chi connectivity index (χ1) is 12.6. The number of aryl methyl sites for hydroxylation is 1. The number of carbonyl (C=O) groups excluding carboxylic acids is 1. The van der Waals surface area contributed by atoms with Gasteiger partial charge in [-0.25, -0.2) is 9.97 Å². The summed E-state index contributed by atoms with van der Waals surface area (Å²) in [6.45, 7) is 2.04. The van der Waals surface area contributed by atoms with Crippen LogP contribution < -0.4 is 10.6 Å². The smallest absolute Gasteiger partial charge is 0.258 e. The summed E-state index contributed by atoms with van der Waals surface area (Å²) in [7, 11) is 0. The van der Waals surface area contributed by atoms with E-state index in [4.69, 9.17) is 23.2 Å². The number of hydrogen-bond donors (Lipinski definition) is 2. The maximum absolute atomic E-state index is 12.4. The molecule has 0 saturated heterocycles.